The summed E-state index contributed by atoms with van der Waals surface area (Å²) in [7, 11) is 0. The topological polar surface area (TPSA) is 55.8 Å². The van der Waals surface area contributed by atoms with E-state index >= 15 is 0 Å². The smallest absolute Gasteiger partial charge is 0.312 e. The lowest BCUT2D eigenvalue weighted by Gasteiger charge is -2.23. The molecule has 0 unspecified atom stereocenters. The maximum atomic E-state index is 13.1. The van der Waals surface area contributed by atoms with Crippen molar-refractivity contribution in [2.75, 3.05) is 18.1 Å². The van der Waals surface area contributed by atoms with Crippen molar-refractivity contribution < 1.29 is 19.1 Å². The first-order valence-electron chi connectivity index (χ1n) is 8.83. The molecule has 2 bridgehead atoms. The highest BCUT2D eigenvalue weighted by Gasteiger charge is 2.67. The van der Waals surface area contributed by atoms with Gasteiger partial charge in [0.05, 0.1) is 25.2 Å². The Morgan fingerprint density at radius 1 is 1.36 bits per heavy atom. The minimum absolute atomic E-state index is 0.0535. The van der Waals surface area contributed by atoms with Gasteiger partial charge in [0, 0.05) is 5.69 Å². The summed E-state index contributed by atoms with van der Waals surface area (Å²) in [5.74, 6) is -1.16. The first kappa shape index (κ1) is 16.3. The van der Waals surface area contributed by atoms with Crippen molar-refractivity contribution in [1.29, 1.82) is 0 Å². The van der Waals surface area contributed by atoms with Gasteiger partial charge in [-0.25, -0.2) is 0 Å². The van der Waals surface area contributed by atoms with Gasteiger partial charge in [-0.3, -0.25) is 9.59 Å². The third-order valence-corrected chi connectivity index (χ3v) is 5.28. The summed E-state index contributed by atoms with van der Waals surface area (Å²) < 4.78 is 11.5. The number of hydrogen-bond acceptors (Lipinski definition) is 4. The number of rotatable bonds is 4. The molecular weight excluding hydrogens is 318 g/mol. The second-order valence-corrected chi connectivity index (χ2v) is 7.68. The number of benzene rings is 1. The number of nitrogens with zero attached hydrogens (tertiary/aromatic N) is 1. The molecule has 0 aliphatic carbocycles. The summed E-state index contributed by atoms with van der Waals surface area (Å²) in [6, 6.07) is 7.84. The number of amides is 1. The second-order valence-electron chi connectivity index (χ2n) is 7.68. The quantitative estimate of drug-likeness (QED) is 0.624. The Hall–Kier alpha value is -2.14. The molecule has 1 amide bonds. The molecule has 0 saturated carbocycles. The largest absolute Gasteiger partial charge is 0.465 e. The summed E-state index contributed by atoms with van der Waals surface area (Å²) in [5.41, 5.74) is 1.28. The standard InChI is InChI=1S/C20H23NO4/c1-12(2)10-24-19(23)16-15-8-9-20(25-15)11-21(18(22)17(16)20)14-6-4-13(3)5-7-14/h4-9,12,15-17H,10-11H2,1-3H3/t15-,16+,17-,20-/m1/s1. The van der Waals surface area contributed by atoms with Crippen LogP contribution in [0.15, 0.2) is 36.4 Å². The molecule has 5 nitrogen and oxygen atoms in total. The molecule has 0 aromatic heterocycles. The summed E-state index contributed by atoms with van der Waals surface area (Å²) in [6.45, 7) is 6.80. The van der Waals surface area contributed by atoms with Crippen LogP contribution in [0.3, 0.4) is 0 Å². The summed E-state index contributed by atoms with van der Waals surface area (Å²) in [4.78, 5) is 27.5. The van der Waals surface area contributed by atoms with Crippen molar-refractivity contribution in [3.8, 4) is 0 Å². The van der Waals surface area contributed by atoms with Gasteiger partial charge in [-0.15, -0.1) is 0 Å². The number of carbonyl (C=O) groups is 2. The predicted octanol–water partition coefficient (Wildman–Crippen LogP) is 2.48. The van der Waals surface area contributed by atoms with Crippen molar-refractivity contribution in [3.63, 3.8) is 0 Å². The van der Waals surface area contributed by atoms with Crippen LogP contribution in [0.4, 0.5) is 5.69 Å². The fraction of sp³-hybridized carbons (Fsp3) is 0.500. The monoisotopic (exact) mass is 341 g/mol. The van der Waals surface area contributed by atoms with E-state index in [1.165, 1.54) is 0 Å². The van der Waals surface area contributed by atoms with E-state index in [-0.39, 0.29) is 23.9 Å². The lowest BCUT2D eigenvalue weighted by atomic mass is 9.77. The van der Waals surface area contributed by atoms with Crippen molar-refractivity contribution >= 4 is 17.6 Å². The molecule has 3 aliphatic heterocycles. The summed E-state index contributed by atoms with van der Waals surface area (Å²) in [5, 5.41) is 0. The molecule has 1 aromatic rings. The Balaban J connectivity index is 1.61. The van der Waals surface area contributed by atoms with E-state index < -0.39 is 17.4 Å². The van der Waals surface area contributed by atoms with Gasteiger partial charge >= 0.3 is 5.97 Å². The van der Waals surface area contributed by atoms with E-state index in [4.69, 9.17) is 9.47 Å². The number of ether oxygens (including phenoxy) is 2. The van der Waals surface area contributed by atoms with Crippen molar-refractivity contribution in [2.24, 2.45) is 17.8 Å². The molecule has 132 valence electrons. The molecule has 4 atom stereocenters. The highest BCUT2D eigenvalue weighted by atomic mass is 16.6. The van der Waals surface area contributed by atoms with Crippen LogP contribution in [-0.4, -0.2) is 36.7 Å². The highest BCUT2D eigenvalue weighted by Crippen LogP contribution is 2.52. The van der Waals surface area contributed by atoms with Crippen LogP contribution in [0.1, 0.15) is 19.4 Å². The molecule has 3 heterocycles. The average Bonchev–Trinajstić information content (AvgIpc) is 3.22. The third kappa shape index (κ3) is 2.49. The minimum atomic E-state index is -0.700. The summed E-state index contributed by atoms with van der Waals surface area (Å²) in [6.07, 6.45) is 3.51. The van der Waals surface area contributed by atoms with Gasteiger partial charge in [0.2, 0.25) is 5.91 Å². The fourth-order valence-corrected chi connectivity index (χ4v) is 4.06. The molecule has 0 radical (unpaired) electrons. The van der Waals surface area contributed by atoms with E-state index in [1.807, 2.05) is 57.2 Å². The van der Waals surface area contributed by atoms with Crippen LogP contribution in [0, 0.1) is 24.7 Å². The molecule has 3 aliphatic rings. The Kier molecular flexibility index (Phi) is 3.72. The lowest BCUT2D eigenvalue weighted by molar-refractivity contribution is -0.153. The van der Waals surface area contributed by atoms with E-state index in [1.54, 1.807) is 4.90 Å². The maximum Gasteiger partial charge on any atom is 0.312 e. The molecule has 2 fully saturated rings. The van der Waals surface area contributed by atoms with Crippen LogP contribution < -0.4 is 4.90 Å². The molecule has 1 aromatic carbocycles. The van der Waals surface area contributed by atoms with Gasteiger partial charge in [-0.05, 0) is 25.0 Å². The first-order chi connectivity index (χ1) is 11.9. The van der Waals surface area contributed by atoms with Gasteiger partial charge in [0.25, 0.3) is 0 Å². The third-order valence-electron chi connectivity index (χ3n) is 5.28. The molecule has 0 N–H and O–H groups in total. The molecular formula is C20H23NO4. The Morgan fingerprint density at radius 3 is 2.76 bits per heavy atom. The first-order valence-corrected chi connectivity index (χ1v) is 8.83. The molecule has 5 heteroatoms. The van der Waals surface area contributed by atoms with E-state index in [2.05, 4.69) is 0 Å². The van der Waals surface area contributed by atoms with Gasteiger partial charge in [-0.2, -0.15) is 0 Å². The van der Waals surface area contributed by atoms with E-state index in [0.29, 0.717) is 13.2 Å². The molecule has 2 saturated heterocycles. The summed E-state index contributed by atoms with van der Waals surface area (Å²) >= 11 is 0. The molecule has 1 spiro atoms. The van der Waals surface area contributed by atoms with E-state index in [0.717, 1.165) is 11.3 Å². The van der Waals surface area contributed by atoms with Crippen LogP contribution in [-0.2, 0) is 19.1 Å². The Morgan fingerprint density at radius 2 is 2.08 bits per heavy atom. The van der Waals surface area contributed by atoms with Crippen molar-refractivity contribution in [1.82, 2.24) is 0 Å². The van der Waals surface area contributed by atoms with Gasteiger partial charge < -0.3 is 14.4 Å². The Labute approximate surface area is 147 Å². The zero-order valence-electron chi connectivity index (χ0n) is 14.8. The SMILES string of the molecule is Cc1ccc(N2C[C@@]34C=C[C@@H](O3)[C@H](C(=O)OCC(C)C)[C@@H]4C2=O)cc1. The Bertz CT molecular complexity index is 739. The van der Waals surface area contributed by atoms with Crippen LogP contribution in [0.5, 0.6) is 0 Å². The van der Waals surface area contributed by atoms with Gasteiger partial charge in [0.1, 0.15) is 11.5 Å². The number of hydrogen-bond donors (Lipinski definition) is 0. The predicted molar refractivity (Wildman–Crippen MR) is 93.1 cm³/mol. The van der Waals surface area contributed by atoms with Gasteiger partial charge in [0.15, 0.2) is 0 Å². The highest BCUT2D eigenvalue weighted by molar-refractivity contribution is 6.02. The zero-order valence-corrected chi connectivity index (χ0v) is 14.8. The maximum absolute atomic E-state index is 13.1. The average molecular weight is 341 g/mol. The minimum Gasteiger partial charge on any atom is -0.465 e. The number of fused-ring (bicyclic) bond motifs is 1. The van der Waals surface area contributed by atoms with Gasteiger partial charge in [-0.1, -0.05) is 43.7 Å². The van der Waals surface area contributed by atoms with Crippen molar-refractivity contribution in [3.05, 3.63) is 42.0 Å². The number of aryl methyl sites for hydroxylation is 1. The van der Waals surface area contributed by atoms with Crippen LogP contribution >= 0.6 is 0 Å². The number of anilines is 1. The van der Waals surface area contributed by atoms with Crippen molar-refractivity contribution in [2.45, 2.75) is 32.5 Å². The zero-order chi connectivity index (χ0) is 17.8. The number of esters is 1. The van der Waals surface area contributed by atoms with Crippen LogP contribution in [0.25, 0.3) is 0 Å². The normalized spacial score (nSPS) is 32.6. The van der Waals surface area contributed by atoms with E-state index in [9.17, 15) is 9.59 Å². The molecule has 4 rings (SSSR count). The number of carbonyl (C=O) groups excluding carboxylic acids is 2. The van der Waals surface area contributed by atoms with Crippen LogP contribution in [0.2, 0.25) is 0 Å². The second kappa shape index (κ2) is 5.70. The lowest BCUT2D eigenvalue weighted by Crippen LogP contribution is -2.40. The molecule has 25 heavy (non-hydrogen) atoms. The fourth-order valence-electron chi connectivity index (χ4n) is 4.06.